The fourth-order valence-corrected chi connectivity index (χ4v) is 3.65. The minimum Gasteiger partial charge on any atom is -0.598 e. The highest BCUT2D eigenvalue weighted by atomic mass is 32.2. The topological polar surface area (TPSA) is 121 Å². The van der Waals surface area contributed by atoms with Crippen LogP contribution < -0.4 is 4.72 Å². The summed E-state index contributed by atoms with van der Waals surface area (Å²) in [6.07, 6.45) is 1.08. The van der Waals surface area contributed by atoms with Gasteiger partial charge in [-0.2, -0.15) is 4.39 Å². The van der Waals surface area contributed by atoms with Gasteiger partial charge in [0.05, 0.1) is 18.7 Å². The van der Waals surface area contributed by atoms with Gasteiger partial charge in [0.1, 0.15) is 16.4 Å². The average molecular weight is 456 g/mol. The third-order valence-electron chi connectivity index (χ3n) is 4.23. The van der Waals surface area contributed by atoms with E-state index >= 15 is 0 Å². The van der Waals surface area contributed by atoms with E-state index in [1.165, 1.54) is 12.3 Å². The van der Waals surface area contributed by atoms with E-state index in [2.05, 4.69) is 14.9 Å². The molecule has 2 aromatic rings. The summed E-state index contributed by atoms with van der Waals surface area (Å²) in [7, 11) is 0. The molecule has 2 heterocycles. The van der Waals surface area contributed by atoms with Gasteiger partial charge in [-0.1, -0.05) is 5.16 Å². The van der Waals surface area contributed by atoms with Gasteiger partial charge in [0.2, 0.25) is 5.95 Å². The van der Waals surface area contributed by atoms with Gasteiger partial charge in [0.15, 0.2) is 5.76 Å². The molecule has 31 heavy (non-hydrogen) atoms. The number of nitrogens with one attached hydrogen (secondary N) is 1. The molecule has 0 aliphatic heterocycles. The lowest BCUT2D eigenvalue weighted by molar-refractivity contribution is -0.155. The summed E-state index contributed by atoms with van der Waals surface area (Å²) in [5, 5.41) is 13.7. The highest BCUT2D eigenvalue weighted by Crippen LogP contribution is 2.36. The van der Waals surface area contributed by atoms with Crippen LogP contribution >= 0.6 is 0 Å². The number of aromatic nitrogens is 2. The summed E-state index contributed by atoms with van der Waals surface area (Å²) in [5.41, 5.74) is 0.429. The normalized spacial score (nSPS) is 14.4. The Morgan fingerprint density at radius 3 is 2.55 bits per heavy atom. The molecule has 0 spiro atoms. The molecule has 2 aromatic heterocycles. The number of hydrogen-bond acceptors (Lipinski definition) is 8. The van der Waals surface area contributed by atoms with Gasteiger partial charge >= 0.3 is 5.97 Å². The van der Waals surface area contributed by atoms with Gasteiger partial charge in [0.25, 0.3) is 0 Å². The van der Waals surface area contributed by atoms with Crippen molar-refractivity contribution in [1.29, 1.82) is 0 Å². The maximum atomic E-state index is 14.2. The largest absolute Gasteiger partial charge is 0.598 e. The summed E-state index contributed by atoms with van der Waals surface area (Å²) in [6.45, 7) is 11.7. The number of esters is 1. The zero-order valence-corrected chi connectivity index (χ0v) is 19.7. The predicted molar refractivity (Wildman–Crippen MR) is 115 cm³/mol. The van der Waals surface area contributed by atoms with E-state index in [4.69, 9.17) is 9.26 Å². The third-order valence-corrected chi connectivity index (χ3v) is 5.84. The molecule has 2 rings (SSSR count). The first-order chi connectivity index (χ1) is 14.2. The van der Waals surface area contributed by atoms with Crippen molar-refractivity contribution in [3.8, 4) is 11.1 Å². The van der Waals surface area contributed by atoms with Crippen molar-refractivity contribution in [3.63, 3.8) is 0 Å². The minimum absolute atomic E-state index is 0.0250. The maximum Gasteiger partial charge on any atom is 0.308 e. The quantitative estimate of drug-likeness (QED) is 0.370. The highest BCUT2D eigenvalue weighted by molar-refractivity contribution is 7.90. The fourth-order valence-electron chi connectivity index (χ4n) is 2.85. The number of nitrogens with zero attached hydrogens (tertiary/aromatic N) is 2. The van der Waals surface area contributed by atoms with Crippen LogP contribution in [0.4, 0.5) is 4.39 Å². The minimum atomic E-state index is -1.56. The molecule has 2 N–H and O–H groups in total. The van der Waals surface area contributed by atoms with Gasteiger partial charge in [-0.15, -0.1) is 4.72 Å². The molecular weight excluding hydrogens is 425 g/mol. The molecule has 0 radical (unpaired) electrons. The van der Waals surface area contributed by atoms with E-state index < -0.39 is 46.3 Å². The van der Waals surface area contributed by atoms with E-state index in [9.17, 15) is 18.8 Å². The molecule has 8 nitrogen and oxygen atoms in total. The van der Waals surface area contributed by atoms with Gasteiger partial charge in [0, 0.05) is 28.7 Å². The van der Waals surface area contributed by atoms with Crippen LogP contribution in [0.5, 0.6) is 0 Å². The van der Waals surface area contributed by atoms with E-state index in [0.717, 1.165) is 0 Å². The molecule has 0 saturated heterocycles. The van der Waals surface area contributed by atoms with E-state index in [1.807, 2.05) is 0 Å². The van der Waals surface area contributed by atoms with Gasteiger partial charge in [-0.05, 0) is 60.1 Å². The molecule has 0 unspecified atom stereocenters. The van der Waals surface area contributed by atoms with Gasteiger partial charge in [-0.3, -0.25) is 4.79 Å². The maximum absolute atomic E-state index is 14.2. The lowest BCUT2D eigenvalue weighted by atomic mass is 9.96. The van der Waals surface area contributed by atoms with E-state index in [1.54, 1.807) is 48.5 Å². The number of pyridine rings is 1. The zero-order chi connectivity index (χ0) is 23.6. The average Bonchev–Trinajstić information content (AvgIpc) is 2.99. The van der Waals surface area contributed by atoms with Crippen LogP contribution in [-0.2, 0) is 27.5 Å². The van der Waals surface area contributed by atoms with E-state index in [-0.39, 0.29) is 17.7 Å². The number of carbonyl (C=O) groups is 1. The number of aliphatic hydroxyl groups excluding tert-OH is 1. The van der Waals surface area contributed by atoms with Gasteiger partial charge in [-0.25, -0.2) is 4.98 Å². The molecule has 2 atom stereocenters. The molecule has 0 aromatic carbocycles. The van der Waals surface area contributed by atoms with Crippen molar-refractivity contribution in [2.45, 2.75) is 77.9 Å². The molecular formula is C21H30FN3O5S. The number of rotatable bonds is 7. The summed E-state index contributed by atoms with van der Waals surface area (Å²) in [4.78, 5) is 16.2. The summed E-state index contributed by atoms with van der Waals surface area (Å²) < 4.78 is 40.3. The lowest BCUT2D eigenvalue weighted by Gasteiger charge is -2.28. The van der Waals surface area contributed by atoms with Crippen LogP contribution in [-0.4, -0.2) is 36.1 Å². The second-order valence-electron chi connectivity index (χ2n) is 9.14. The molecule has 0 aliphatic carbocycles. The van der Waals surface area contributed by atoms with Crippen LogP contribution in [0.3, 0.4) is 0 Å². The number of aryl methyl sites for hydroxylation is 1. The van der Waals surface area contributed by atoms with Crippen LogP contribution in [0.25, 0.3) is 11.1 Å². The standard InChI is InChI=1S/C21H30FN3O5S/c1-12-17(13-8-9-23-19(22)14(13)11-26)18(30-24-12)15(25-31(28)21(5,6)7)10-16(27)29-20(2,3)4/h8-9,15,25-26H,10-11H2,1-7H3/t15-,31-/m0/s1. The van der Waals surface area contributed by atoms with Crippen molar-refractivity contribution in [2.24, 2.45) is 0 Å². The number of carbonyl (C=O) groups excluding carboxylic acids is 1. The third kappa shape index (κ3) is 6.49. The predicted octanol–water partition coefficient (Wildman–Crippen LogP) is 3.50. The first-order valence-electron chi connectivity index (χ1n) is 9.85. The zero-order valence-electron chi connectivity index (χ0n) is 18.9. The molecule has 0 amide bonds. The highest BCUT2D eigenvalue weighted by Gasteiger charge is 2.36. The smallest absolute Gasteiger partial charge is 0.308 e. The Hall–Kier alpha value is -2.01. The Bertz CT molecular complexity index is 921. The summed E-state index contributed by atoms with van der Waals surface area (Å²) in [6, 6.07) is 0.664. The van der Waals surface area contributed by atoms with Crippen LogP contribution in [0, 0.1) is 12.9 Å². The molecule has 0 fully saturated rings. The second-order valence-corrected chi connectivity index (χ2v) is 11.1. The first kappa shape index (κ1) is 25.3. The Balaban J connectivity index is 2.55. The Kier molecular flexibility index (Phi) is 7.85. The van der Waals surface area contributed by atoms with Crippen molar-refractivity contribution >= 4 is 17.3 Å². The number of hydrogen-bond donors (Lipinski definition) is 2. The molecule has 0 aliphatic rings. The Labute approximate surface area is 184 Å². The first-order valence-corrected chi connectivity index (χ1v) is 11.0. The molecule has 0 bridgehead atoms. The van der Waals surface area contributed by atoms with Crippen LogP contribution in [0.15, 0.2) is 16.8 Å². The molecule has 0 saturated carbocycles. The van der Waals surface area contributed by atoms with Crippen molar-refractivity contribution < 1.29 is 28.1 Å². The van der Waals surface area contributed by atoms with Crippen molar-refractivity contribution in [2.75, 3.05) is 0 Å². The number of halogens is 1. The SMILES string of the molecule is Cc1noc([C@H](CC(=O)OC(C)(C)C)N[S@@+]([O-])C(C)(C)C)c1-c1ccnc(F)c1CO. The van der Waals surface area contributed by atoms with Crippen molar-refractivity contribution in [3.05, 3.63) is 35.2 Å². The summed E-state index contributed by atoms with van der Waals surface area (Å²) in [5.74, 6) is -1.15. The number of ether oxygens (including phenoxy) is 1. The summed E-state index contributed by atoms with van der Waals surface area (Å²) >= 11 is -1.56. The molecule has 172 valence electrons. The Morgan fingerprint density at radius 2 is 2.00 bits per heavy atom. The van der Waals surface area contributed by atoms with Crippen molar-refractivity contribution in [1.82, 2.24) is 14.9 Å². The monoisotopic (exact) mass is 455 g/mol. The number of aliphatic hydroxyl groups is 1. The second kappa shape index (κ2) is 9.64. The lowest BCUT2D eigenvalue weighted by Crippen LogP contribution is -2.42. The van der Waals surface area contributed by atoms with Crippen LogP contribution in [0.1, 0.15) is 71.0 Å². The van der Waals surface area contributed by atoms with E-state index in [0.29, 0.717) is 16.8 Å². The van der Waals surface area contributed by atoms with Gasteiger partial charge < -0.3 is 18.9 Å². The Morgan fingerprint density at radius 1 is 1.35 bits per heavy atom. The van der Waals surface area contributed by atoms with Crippen LogP contribution in [0.2, 0.25) is 0 Å². The molecule has 10 heteroatoms. The fraction of sp³-hybridized carbons (Fsp3) is 0.571.